The maximum Gasteiger partial charge on any atom is 0.349 e. The van der Waals surface area contributed by atoms with Gasteiger partial charge in [-0.1, -0.05) is 12.1 Å². The van der Waals surface area contributed by atoms with Crippen molar-refractivity contribution >= 4 is 39.1 Å². The van der Waals surface area contributed by atoms with Crippen LogP contribution >= 0.6 is 11.3 Å². The van der Waals surface area contributed by atoms with Gasteiger partial charge in [0.2, 0.25) is 0 Å². The number of aryl methyl sites for hydroxylation is 4. The summed E-state index contributed by atoms with van der Waals surface area (Å²) in [6, 6.07) is 5.73. The number of nitrogens with one attached hydrogen (secondary N) is 2. The molecular formula is C20H21N3O4S. The van der Waals surface area contributed by atoms with E-state index in [-0.39, 0.29) is 10.4 Å². The molecular weight excluding hydrogens is 378 g/mol. The van der Waals surface area contributed by atoms with Crippen LogP contribution in [0.3, 0.4) is 0 Å². The summed E-state index contributed by atoms with van der Waals surface area (Å²) in [5.74, 6) is -0.603. The summed E-state index contributed by atoms with van der Waals surface area (Å²) >= 11 is 1.09. The van der Waals surface area contributed by atoms with Crippen molar-refractivity contribution < 1.29 is 14.3 Å². The van der Waals surface area contributed by atoms with Crippen LogP contribution in [-0.4, -0.2) is 27.9 Å². The zero-order valence-corrected chi connectivity index (χ0v) is 17.1. The summed E-state index contributed by atoms with van der Waals surface area (Å²) in [5, 5.41) is 3.16. The summed E-state index contributed by atoms with van der Waals surface area (Å²) in [4.78, 5) is 44.8. The fraction of sp³-hybridized carbons (Fsp3) is 0.300. The number of anilines is 1. The first-order chi connectivity index (χ1) is 13.2. The van der Waals surface area contributed by atoms with Crippen LogP contribution < -0.4 is 10.9 Å². The minimum atomic E-state index is -0.995. The number of esters is 1. The number of fused-ring (bicyclic) bond motifs is 1. The van der Waals surface area contributed by atoms with Crippen molar-refractivity contribution in [1.29, 1.82) is 0 Å². The number of carbonyl (C=O) groups is 2. The number of hydrogen-bond acceptors (Lipinski definition) is 6. The van der Waals surface area contributed by atoms with Crippen molar-refractivity contribution in [3.63, 3.8) is 0 Å². The fourth-order valence-electron chi connectivity index (χ4n) is 2.82. The molecule has 0 aliphatic carbocycles. The predicted octanol–water partition coefficient (Wildman–Crippen LogP) is 3.40. The van der Waals surface area contributed by atoms with Gasteiger partial charge in [0.25, 0.3) is 11.5 Å². The number of aromatic amines is 1. The molecule has 0 radical (unpaired) electrons. The second-order valence-corrected chi connectivity index (χ2v) is 7.74. The van der Waals surface area contributed by atoms with E-state index in [1.54, 1.807) is 13.8 Å². The largest absolute Gasteiger partial charge is 0.448 e. The van der Waals surface area contributed by atoms with Crippen molar-refractivity contribution in [2.75, 3.05) is 5.32 Å². The van der Waals surface area contributed by atoms with Crippen molar-refractivity contribution in [2.24, 2.45) is 0 Å². The van der Waals surface area contributed by atoms with E-state index < -0.39 is 18.0 Å². The van der Waals surface area contributed by atoms with E-state index in [4.69, 9.17) is 4.74 Å². The first-order valence-electron chi connectivity index (χ1n) is 8.76. The second kappa shape index (κ2) is 7.55. The van der Waals surface area contributed by atoms with Crippen LogP contribution in [0.2, 0.25) is 0 Å². The topological polar surface area (TPSA) is 101 Å². The van der Waals surface area contributed by atoms with E-state index >= 15 is 0 Å². The number of aromatic nitrogens is 2. The Morgan fingerprint density at radius 3 is 2.64 bits per heavy atom. The molecule has 3 aromatic rings. The molecule has 1 amide bonds. The lowest BCUT2D eigenvalue weighted by molar-refractivity contribution is -0.123. The van der Waals surface area contributed by atoms with Crippen LogP contribution in [0.25, 0.3) is 10.2 Å². The molecule has 0 saturated carbocycles. The molecule has 2 aromatic heterocycles. The van der Waals surface area contributed by atoms with Gasteiger partial charge in [-0.2, -0.15) is 0 Å². The van der Waals surface area contributed by atoms with Gasteiger partial charge in [0.05, 0.1) is 5.39 Å². The SMILES string of the molecule is Cc1ccc(C)c(NC(=O)[C@@H](C)OC(=O)c2sc3nc(C)[nH]c(=O)c3c2C)c1. The van der Waals surface area contributed by atoms with E-state index in [1.165, 1.54) is 6.92 Å². The molecule has 7 nitrogen and oxygen atoms in total. The number of nitrogens with zero attached hydrogens (tertiary/aromatic N) is 1. The zero-order valence-electron chi connectivity index (χ0n) is 16.3. The Labute approximate surface area is 165 Å². The average molecular weight is 399 g/mol. The number of ether oxygens (including phenoxy) is 1. The molecule has 2 heterocycles. The molecule has 0 unspecified atom stereocenters. The minimum Gasteiger partial charge on any atom is -0.448 e. The molecule has 146 valence electrons. The zero-order chi connectivity index (χ0) is 20.6. The van der Waals surface area contributed by atoms with Gasteiger partial charge < -0.3 is 15.0 Å². The van der Waals surface area contributed by atoms with Crippen LogP contribution in [0.4, 0.5) is 5.69 Å². The third-order valence-electron chi connectivity index (χ3n) is 4.41. The Morgan fingerprint density at radius 2 is 1.93 bits per heavy atom. The van der Waals surface area contributed by atoms with Gasteiger partial charge in [-0.3, -0.25) is 9.59 Å². The Hall–Kier alpha value is -3.00. The molecule has 2 N–H and O–H groups in total. The number of thiophene rings is 1. The highest BCUT2D eigenvalue weighted by Crippen LogP contribution is 2.28. The first-order valence-corrected chi connectivity index (χ1v) is 9.58. The summed E-state index contributed by atoms with van der Waals surface area (Å²) in [7, 11) is 0. The molecule has 0 bridgehead atoms. The number of rotatable bonds is 4. The van der Waals surface area contributed by atoms with Crippen LogP contribution in [0.1, 0.15) is 39.1 Å². The van der Waals surface area contributed by atoms with Crippen molar-refractivity contribution in [3.05, 3.63) is 55.9 Å². The normalized spacial score (nSPS) is 12.0. The number of benzene rings is 1. The van der Waals surface area contributed by atoms with Crippen LogP contribution in [-0.2, 0) is 9.53 Å². The van der Waals surface area contributed by atoms with Gasteiger partial charge in [-0.05, 0) is 57.4 Å². The maximum atomic E-state index is 12.6. The molecule has 0 fully saturated rings. The number of amides is 1. The molecule has 3 rings (SSSR count). The highest BCUT2D eigenvalue weighted by atomic mass is 32.1. The quantitative estimate of drug-likeness (QED) is 0.655. The van der Waals surface area contributed by atoms with Crippen LogP contribution in [0.5, 0.6) is 0 Å². The Balaban J connectivity index is 1.79. The Morgan fingerprint density at radius 1 is 1.21 bits per heavy atom. The van der Waals surface area contributed by atoms with Gasteiger partial charge >= 0.3 is 5.97 Å². The van der Waals surface area contributed by atoms with Gasteiger partial charge in [0.15, 0.2) is 6.10 Å². The van der Waals surface area contributed by atoms with E-state index in [2.05, 4.69) is 15.3 Å². The van der Waals surface area contributed by atoms with Crippen LogP contribution in [0.15, 0.2) is 23.0 Å². The molecule has 0 aliphatic rings. The lowest BCUT2D eigenvalue weighted by atomic mass is 10.1. The standard InChI is InChI=1S/C20H21N3O4S/c1-9-6-7-10(2)14(8-9)23-17(24)12(4)27-20(26)16-11(3)15-18(25)21-13(5)22-19(15)28-16/h6-8,12H,1-5H3,(H,23,24)(H,21,22,25)/t12-/m1/s1. The van der Waals surface area contributed by atoms with E-state index in [0.717, 1.165) is 22.5 Å². The van der Waals surface area contributed by atoms with Crippen molar-refractivity contribution in [3.8, 4) is 0 Å². The van der Waals surface area contributed by atoms with Crippen molar-refractivity contribution in [1.82, 2.24) is 9.97 Å². The first kappa shape index (κ1) is 19.8. The lowest BCUT2D eigenvalue weighted by Gasteiger charge is -2.15. The van der Waals surface area contributed by atoms with Gasteiger partial charge in [-0.25, -0.2) is 9.78 Å². The summed E-state index contributed by atoms with van der Waals surface area (Å²) in [6.45, 7) is 8.67. The minimum absolute atomic E-state index is 0.269. The third kappa shape index (κ3) is 3.82. The molecule has 28 heavy (non-hydrogen) atoms. The molecule has 8 heteroatoms. The number of carbonyl (C=O) groups excluding carboxylic acids is 2. The second-order valence-electron chi connectivity index (χ2n) is 6.74. The Kier molecular flexibility index (Phi) is 5.33. The number of hydrogen-bond donors (Lipinski definition) is 2. The van der Waals surface area contributed by atoms with E-state index in [1.807, 2.05) is 32.0 Å². The summed E-state index contributed by atoms with van der Waals surface area (Å²) in [5.41, 5.74) is 2.81. The van der Waals surface area contributed by atoms with Gasteiger partial charge in [-0.15, -0.1) is 11.3 Å². The molecule has 0 spiro atoms. The average Bonchev–Trinajstić information content (AvgIpc) is 2.94. The van der Waals surface area contributed by atoms with Gasteiger partial charge in [0, 0.05) is 5.69 Å². The number of H-pyrrole nitrogens is 1. The predicted molar refractivity (Wildman–Crippen MR) is 109 cm³/mol. The van der Waals surface area contributed by atoms with Gasteiger partial charge in [0.1, 0.15) is 15.5 Å². The summed E-state index contributed by atoms with van der Waals surface area (Å²) in [6.07, 6.45) is -0.995. The monoisotopic (exact) mass is 399 g/mol. The fourth-order valence-corrected chi connectivity index (χ4v) is 3.93. The van der Waals surface area contributed by atoms with Crippen LogP contribution in [0, 0.1) is 27.7 Å². The maximum absolute atomic E-state index is 12.6. The third-order valence-corrected chi connectivity index (χ3v) is 5.57. The highest BCUT2D eigenvalue weighted by molar-refractivity contribution is 7.20. The smallest absolute Gasteiger partial charge is 0.349 e. The highest BCUT2D eigenvalue weighted by Gasteiger charge is 2.24. The molecule has 1 atom stereocenters. The van der Waals surface area contributed by atoms with E-state index in [0.29, 0.717) is 27.3 Å². The van der Waals surface area contributed by atoms with Crippen molar-refractivity contribution in [2.45, 2.75) is 40.7 Å². The lowest BCUT2D eigenvalue weighted by Crippen LogP contribution is -2.30. The molecule has 0 aliphatic heterocycles. The van der Waals surface area contributed by atoms with E-state index in [9.17, 15) is 14.4 Å². The Bertz CT molecular complexity index is 1150. The molecule has 1 aromatic carbocycles. The molecule has 0 saturated heterocycles. The summed E-state index contributed by atoms with van der Waals surface area (Å²) < 4.78 is 5.34.